The average Bonchev–Trinajstić information content (AvgIpc) is 2.63. The normalized spacial score (nSPS) is 11.5. The Morgan fingerprint density at radius 1 is 1.19 bits per heavy atom. The quantitative estimate of drug-likeness (QED) is 0.711. The van der Waals surface area contributed by atoms with Gasteiger partial charge in [-0.25, -0.2) is 4.98 Å². The second-order valence-electron chi connectivity index (χ2n) is 5.22. The van der Waals surface area contributed by atoms with Crippen LogP contribution in [0.15, 0.2) is 40.3 Å². The second kappa shape index (κ2) is 9.21. The highest BCUT2D eigenvalue weighted by Crippen LogP contribution is 2.27. The molecule has 1 atom stereocenters. The van der Waals surface area contributed by atoms with Crippen LogP contribution in [0.4, 0.5) is 20.3 Å². The first-order chi connectivity index (χ1) is 12.8. The summed E-state index contributed by atoms with van der Waals surface area (Å²) in [5.74, 6) is -2.74. The summed E-state index contributed by atoms with van der Waals surface area (Å²) in [6, 6.07) is 11.3. The van der Waals surface area contributed by atoms with Crippen molar-refractivity contribution in [2.75, 3.05) is 11.1 Å². The average molecular weight is 406 g/mol. The fraction of sp³-hybridized carbons (Fsp3) is 0.176. The van der Waals surface area contributed by atoms with Gasteiger partial charge in [-0.15, -0.1) is 0 Å². The fourth-order valence-electron chi connectivity index (χ4n) is 2.01. The van der Waals surface area contributed by atoms with Gasteiger partial charge in [0.25, 0.3) is 11.6 Å². The molecule has 6 nitrogen and oxygen atoms in total. The topological polar surface area (TPSA) is 117 Å². The van der Waals surface area contributed by atoms with Gasteiger partial charge in [0.1, 0.15) is 23.3 Å². The SMILES string of the molecule is C[C@@H](Sc1[nH+]c(N)c(C#N)cc1C#N)C(=O)Nc1ccc(SC(F)F)cc1. The molecule has 0 aliphatic rings. The first-order valence-electron chi connectivity index (χ1n) is 7.52. The number of hydrogen-bond acceptors (Lipinski definition) is 6. The highest BCUT2D eigenvalue weighted by molar-refractivity contribution is 8.00. The lowest BCUT2D eigenvalue weighted by Crippen LogP contribution is -2.25. The third-order valence-corrected chi connectivity index (χ3v) is 5.17. The van der Waals surface area contributed by atoms with Crippen LogP contribution in [0.25, 0.3) is 0 Å². The Labute approximate surface area is 162 Å². The Bertz CT molecular complexity index is 923. The summed E-state index contributed by atoms with van der Waals surface area (Å²) in [6.07, 6.45) is 0. The van der Waals surface area contributed by atoms with E-state index in [-0.39, 0.29) is 22.9 Å². The predicted molar refractivity (Wildman–Crippen MR) is 99.1 cm³/mol. The van der Waals surface area contributed by atoms with E-state index in [1.165, 1.54) is 30.3 Å². The van der Waals surface area contributed by atoms with Crippen molar-refractivity contribution in [1.29, 1.82) is 10.5 Å². The zero-order chi connectivity index (χ0) is 20.0. The van der Waals surface area contributed by atoms with E-state index in [0.29, 0.717) is 27.4 Å². The summed E-state index contributed by atoms with van der Waals surface area (Å²) in [5, 5.41) is 20.6. The van der Waals surface area contributed by atoms with Gasteiger partial charge >= 0.3 is 0 Å². The van der Waals surface area contributed by atoms with E-state index < -0.39 is 11.0 Å². The van der Waals surface area contributed by atoms with E-state index in [1.807, 2.05) is 12.1 Å². The third kappa shape index (κ3) is 5.58. The van der Waals surface area contributed by atoms with Crippen LogP contribution >= 0.6 is 23.5 Å². The van der Waals surface area contributed by atoms with Crippen LogP contribution in [0.1, 0.15) is 18.1 Å². The van der Waals surface area contributed by atoms with Crippen molar-refractivity contribution in [3.8, 4) is 12.1 Å². The molecule has 0 radical (unpaired) electrons. The van der Waals surface area contributed by atoms with Gasteiger partial charge in [-0.3, -0.25) is 10.5 Å². The number of carbonyl (C=O) groups is 1. The number of benzene rings is 1. The number of nitrogens with two attached hydrogens (primary N) is 1. The Morgan fingerprint density at radius 3 is 2.37 bits per heavy atom. The minimum Gasteiger partial charge on any atom is -0.325 e. The molecule has 0 bridgehead atoms. The molecule has 1 heterocycles. The summed E-state index contributed by atoms with van der Waals surface area (Å²) in [7, 11) is 0. The summed E-state index contributed by atoms with van der Waals surface area (Å²) in [5.41, 5.74) is 6.55. The first kappa shape index (κ1) is 20.5. The maximum absolute atomic E-state index is 12.3. The number of nitrogens with zero attached hydrogens (tertiary/aromatic N) is 2. The van der Waals surface area contributed by atoms with Gasteiger partial charge in [-0.2, -0.15) is 19.3 Å². The Balaban J connectivity index is 2.07. The van der Waals surface area contributed by atoms with Gasteiger partial charge in [0.05, 0.1) is 5.25 Å². The van der Waals surface area contributed by atoms with E-state index in [1.54, 1.807) is 6.92 Å². The zero-order valence-corrected chi connectivity index (χ0v) is 15.6. The number of hydrogen-bond donors (Lipinski definition) is 2. The highest BCUT2D eigenvalue weighted by Gasteiger charge is 2.21. The minimum atomic E-state index is -2.51. The number of carbonyl (C=O) groups excluding carboxylic acids is 1. The Hall–Kier alpha value is -2.82. The number of nitriles is 2. The van der Waals surface area contributed by atoms with Gasteiger partial charge in [0, 0.05) is 10.6 Å². The lowest BCUT2D eigenvalue weighted by atomic mass is 10.2. The zero-order valence-electron chi connectivity index (χ0n) is 14.0. The molecule has 1 aromatic heterocycles. The predicted octanol–water partition coefficient (Wildman–Crippen LogP) is 3.26. The number of H-pyrrole nitrogens is 1. The summed E-state index contributed by atoms with van der Waals surface area (Å²) >= 11 is 1.51. The van der Waals surface area contributed by atoms with Crippen LogP contribution < -0.4 is 16.0 Å². The van der Waals surface area contributed by atoms with E-state index in [0.717, 1.165) is 11.8 Å². The second-order valence-corrected chi connectivity index (χ2v) is 7.63. The van der Waals surface area contributed by atoms with E-state index in [2.05, 4.69) is 10.3 Å². The number of anilines is 2. The molecule has 0 unspecified atom stereocenters. The van der Waals surface area contributed by atoms with E-state index in [4.69, 9.17) is 11.0 Å². The monoisotopic (exact) mass is 406 g/mol. The molecule has 0 aliphatic carbocycles. The molecule has 2 rings (SSSR count). The smallest absolute Gasteiger partial charge is 0.289 e. The van der Waals surface area contributed by atoms with Crippen molar-refractivity contribution in [2.45, 2.75) is 27.9 Å². The molecular weight excluding hydrogens is 392 g/mol. The number of thioether (sulfide) groups is 2. The molecule has 27 heavy (non-hydrogen) atoms. The van der Waals surface area contributed by atoms with Crippen molar-refractivity contribution in [1.82, 2.24) is 0 Å². The van der Waals surface area contributed by atoms with Crippen LogP contribution in [0.2, 0.25) is 0 Å². The molecule has 0 saturated heterocycles. The number of halogens is 2. The van der Waals surface area contributed by atoms with E-state index >= 15 is 0 Å². The number of amides is 1. The standard InChI is InChI=1S/C17H13F2N5OS2/c1-9(26-16-11(8-21)6-10(7-20)14(22)24-16)15(25)23-12-2-4-13(5-3-12)27-17(18)19/h2-6,9,17H,1H3,(H2,22,24)(H,23,25)/p+1/t9-/m1/s1. The molecule has 2 aromatic rings. The molecule has 0 spiro atoms. The number of pyridine rings is 1. The molecule has 1 amide bonds. The van der Waals surface area contributed by atoms with Crippen LogP contribution in [0.5, 0.6) is 0 Å². The van der Waals surface area contributed by atoms with Gasteiger partial charge in [0.15, 0.2) is 5.03 Å². The number of alkyl halides is 2. The van der Waals surface area contributed by atoms with Gasteiger partial charge in [-0.1, -0.05) is 23.5 Å². The number of rotatable bonds is 6. The molecule has 0 saturated carbocycles. The third-order valence-electron chi connectivity index (χ3n) is 3.32. The van der Waals surface area contributed by atoms with E-state index in [9.17, 15) is 18.8 Å². The first-order valence-corrected chi connectivity index (χ1v) is 9.28. The molecule has 138 valence electrons. The number of nitrogens with one attached hydrogen (secondary N) is 2. The van der Waals surface area contributed by atoms with Crippen molar-refractivity contribution in [3.63, 3.8) is 0 Å². The summed E-state index contributed by atoms with van der Waals surface area (Å²) in [4.78, 5) is 15.5. The van der Waals surface area contributed by atoms with Gasteiger partial charge < -0.3 is 5.32 Å². The van der Waals surface area contributed by atoms with Gasteiger partial charge in [0.2, 0.25) is 5.91 Å². The Morgan fingerprint density at radius 2 is 1.81 bits per heavy atom. The Kier molecular flexibility index (Phi) is 6.99. The van der Waals surface area contributed by atoms with Gasteiger partial charge in [-0.05, 0) is 37.3 Å². The molecule has 4 N–H and O–H groups in total. The van der Waals surface area contributed by atoms with Crippen molar-refractivity contribution in [2.24, 2.45) is 0 Å². The van der Waals surface area contributed by atoms with Crippen LogP contribution in [-0.4, -0.2) is 16.9 Å². The number of aromatic amines is 1. The molecule has 0 fully saturated rings. The summed E-state index contributed by atoms with van der Waals surface area (Å²) < 4.78 is 24.6. The van der Waals surface area contributed by atoms with Crippen molar-refractivity contribution >= 4 is 40.9 Å². The largest absolute Gasteiger partial charge is 0.325 e. The van der Waals surface area contributed by atoms with Crippen LogP contribution in [0.3, 0.4) is 0 Å². The molecule has 10 heteroatoms. The highest BCUT2D eigenvalue weighted by atomic mass is 32.2. The molecule has 0 aliphatic heterocycles. The maximum Gasteiger partial charge on any atom is 0.289 e. The van der Waals surface area contributed by atoms with Crippen LogP contribution in [0, 0.1) is 22.7 Å². The maximum atomic E-state index is 12.3. The lowest BCUT2D eigenvalue weighted by Gasteiger charge is -2.12. The molecular formula is C17H14F2N5OS2+. The molecule has 1 aromatic carbocycles. The lowest BCUT2D eigenvalue weighted by molar-refractivity contribution is -0.410. The number of aromatic nitrogens is 1. The van der Waals surface area contributed by atoms with Crippen molar-refractivity contribution < 1.29 is 18.6 Å². The minimum absolute atomic E-state index is 0.110. The van der Waals surface area contributed by atoms with Crippen molar-refractivity contribution in [3.05, 3.63) is 41.5 Å². The summed E-state index contributed by atoms with van der Waals surface area (Å²) in [6.45, 7) is 1.64. The number of nitrogen functional groups attached to an aromatic ring is 1. The van der Waals surface area contributed by atoms with Crippen LogP contribution in [-0.2, 0) is 4.79 Å². The fourth-order valence-corrected chi connectivity index (χ4v) is 3.43.